The van der Waals surface area contributed by atoms with E-state index in [1.165, 1.54) is 0 Å². The van der Waals surface area contributed by atoms with Crippen molar-refractivity contribution in [2.45, 2.75) is 76.0 Å². The van der Waals surface area contributed by atoms with E-state index in [4.69, 9.17) is 18.3 Å². The second kappa shape index (κ2) is 5.11. The molecule has 3 heterocycles. The Morgan fingerprint density at radius 1 is 0.737 bits per heavy atom. The molecule has 3 aliphatic heterocycles. The highest BCUT2D eigenvalue weighted by molar-refractivity contribution is 6.70. The van der Waals surface area contributed by atoms with Gasteiger partial charge in [0.15, 0.2) is 0 Å². The third kappa shape index (κ3) is 2.76. The van der Waals surface area contributed by atoms with Crippen molar-refractivity contribution in [1.82, 2.24) is 0 Å². The minimum Gasteiger partial charge on any atom is -0.388 e. The van der Waals surface area contributed by atoms with Crippen molar-refractivity contribution in [1.29, 1.82) is 0 Å². The molecular weight excluding hydrogens is 260 g/mol. The van der Waals surface area contributed by atoms with E-state index in [2.05, 4.69) is 27.7 Å². The van der Waals surface area contributed by atoms with E-state index in [0.29, 0.717) is 23.3 Å². The quantitative estimate of drug-likeness (QED) is 0.588. The lowest BCUT2D eigenvalue weighted by Gasteiger charge is -2.39. The Labute approximate surface area is 117 Å². The zero-order valence-corrected chi connectivity index (χ0v) is 13.4. The average molecular weight is 286 g/mol. The van der Waals surface area contributed by atoms with Gasteiger partial charge in [-0.3, -0.25) is 0 Å². The van der Waals surface area contributed by atoms with E-state index in [-0.39, 0.29) is 12.2 Å². The molecule has 4 atom stereocenters. The fraction of sp³-hybridized carbons (Fsp3) is 1.00. The van der Waals surface area contributed by atoms with Crippen LogP contribution in [0.5, 0.6) is 0 Å². The van der Waals surface area contributed by atoms with Crippen LogP contribution in [0.15, 0.2) is 0 Å². The van der Waals surface area contributed by atoms with Crippen LogP contribution in [0.2, 0.25) is 11.1 Å². The van der Waals surface area contributed by atoms with Gasteiger partial charge in [0.2, 0.25) is 0 Å². The van der Waals surface area contributed by atoms with Crippen LogP contribution in [0.4, 0.5) is 0 Å². The minimum absolute atomic E-state index is 0.236. The smallest absolute Gasteiger partial charge is 0.344 e. The molecule has 3 rings (SSSR count). The van der Waals surface area contributed by atoms with Crippen molar-refractivity contribution in [2.24, 2.45) is 0 Å². The molecule has 4 nitrogen and oxygen atoms in total. The van der Waals surface area contributed by atoms with E-state index >= 15 is 0 Å². The molecule has 3 fully saturated rings. The van der Waals surface area contributed by atoms with E-state index < -0.39 is 8.56 Å². The number of hydrogen-bond acceptors (Lipinski definition) is 4. The van der Waals surface area contributed by atoms with Gasteiger partial charge in [-0.2, -0.15) is 0 Å². The van der Waals surface area contributed by atoms with E-state index in [1.807, 2.05) is 0 Å². The third-order valence-electron chi connectivity index (χ3n) is 4.56. The van der Waals surface area contributed by atoms with Crippen LogP contribution in [0.25, 0.3) is 0 Å². The van der Waals surface area contributed by atoms with Crippen molar-refractivity contribution in [3.05, 3.63) is 0 Å². The van der Waals surface area contributed by atoms with Gasteiger partial charge in [-0.15, -0.1) is 0 Å². The Hall–Kier alpha value is 0.0569. The van der Waals surface area contributed by atoms with Crippen LogP contribution in [-0.4, -0.2) is 46.2 Å². The molecule has 0 bridgehead atoms. The molecule has 3 aliphatic rings. The van der Waals surface area contributed by atoms with E-state index in [1.54, 1.807) is 0 Å². The molecule has 0 unspecified atom stereocenters. The maximum atomic E-state index is 6.59. The molecule has 0 aromatic rings. The molecule has 110 valence electrons. The fourth-order valence-corrected chi connectivity index (χ4v) is 7.19. The first-order chi connectivity index (χ1) is 9.03. The second-order valence-corrected chi connectivity index (χ2v) is 10.9. The zero-order valence-electron chi connectivity index (χ0n) is 12.4. The highest BCUT2D eigenvalue weighted by atomic mass is 28.4. The van der Waals surface area contributed by atoms with Crippen molar-refractivity contribution in [3.63, 3.8) is 0 Å². The summed E-state index contributed by atoms with van der Waals surface area (Å²) in [6.45, 7) is 10.7. The maximum absolute atomic E-state index is 6.59. The summed E-state index contributed by atoms with van der Waals surface area (Å²) < 4.78 is 24.1. The monoisotopic (exact) mass is 286 g/mol. The number of ether oxygens (including phenoxy) is 2. The van der Waals surface area contributed by atoms with Gasteiger partial charge in [0.25, 0.3) is 0 Å². The third-order valence-corrected chi connectivity index (χ3v) is 9.13. The van der Waals surface area contributed by atoms with Gasteiger partial charge < -0.3 is 18.3 Å². The molecule has 19 heavy (non-hydrogen) atoms. The number of epoxide rings is 2. The maximum Gasteiger partial charge on any atom is 0.344 e. The lowest BCUT2D eigenvalue weighted by Crippen LogP contribution is -2.52. The molecule has 0 aromatic carbocycles. The van der Waals surface area contributed by atoms with Gasteiger partial charge in [0.05, 0.1) is 25.4 Å². The zero-order chi connectivity index (χ0) is 13.6. The molecular formula is C14H26O4Si. The summed E-state index contributed by atoms with van der Waals surface area (Å²) in [4.78, 5) is 0. The Morgan fingerprint density at radius 3 is 1.37 bits per heavy atom. The van der Waals surface area contributed by atoms with E-state index in [0.717, 1.165) is 26.1 Å². The van der Waals surface area contributed by atoms with Crippen molar-refractivity contribution < 1.29 is 18.3 Å². The molecule has 0 radical (unpaired) electrons. The SMILES string of the molecule is CC(C)[Si]1(C(C)C)O[C@H]([C@H]2CO2)CC[C@@H]([C@H]2CO2)O1. The predicted molar refractivity (Wildman–Crippen MR) is 74.4 cm³/mol. The lowest BCUT2D eigenvalue weighted by atomic mass is 10.1. The second-order valence-electron chi connectivity index (χ2n) is 6.66. The van der Waals surface area contributed by atoms with Crippen molar-refractivity contribution >= 4 is 8.56 Å². The van der Waals surface area contributed by atoms with Gasteiger partial charge in [0, 0.05) is 0 Å². The molecule has 0 N–H and O–H groups in total. The van der Waals surface area contributed by atoms with Gasteiger partial charge in [-0.05, 0) is 23.9 Å². The predicted octanol–water partition coefficient (Wildman–Crippen LogP) is 2.61. The summed E-state index contributed by atoms with van der Waals surface area (Å²) in [7, 11) is -2.22. The van der Waals surface area contributed by atoms with Crippen LogP contribution in [0.3, 0.4) is 0 Å². The summed E-state index contributed by atoms with van der Waals surface area (Å²) in [5, 5.41) is 0. The Kier molecular flexibility index (Phi) is 3.77. The number of hydrogen-bond donors (Lipinski definition) is 0. The highest BCUT2D eigenvalue weighted by Gasteiger charge is 2.54. The molecule has 5 heteroatoms. The average Bonchev–Trinajstić information content (AvgIpc) is 3.18. The topological polar surface area (TPSA) is 43.5 Å². The standard InChI is InChI=1S/C14H26O4Si/c1-9(2)19(10(3)4)17-11(13-7-15-13)5-6-12(18-19)14-8-16-14/h9-14H,5-8H2,1-4H3/t11-,12-,13+,14+/m0/s1. The Morgan fingerprint density at radius 2 is 1.11 bits per heavy atom. The molecule has 0 amide bonds. The van der Waals surface area contributed by atoms with Crippen molar-refractivity contribution in [2.75, 3.05) is 13.2 Å². The molecule has 0 aromatic heterocycles. The Bertz CT molecular complexity index is 293. The van der Waals surface area contributed by atoms with Crippen LogP contribution >= 0.6 is 0 Å². The van der Waals surface area contributed by atoms with Crippen molar-refractivity contribution in [3.8, 4) is 0 Å². The highest BCUT2D eigenvalue weighted by Crippen LogP contribution is 2.43. The van der Waals surface area contributed by atoms with Crippen LogP contribution in [-0.2, 0) is 18.3 Å². The molecule has 0 saturated carbocycles. The van der Waals surface area contributed by atoms with Gasteiger partial charge >= 0.3 is 8.56 Å². The van der Waals surface area contributed by atoms with Crippen LogP contribution in [0, 0.1) is 0 Å². The van der Waals surface area contributed by atoms with Gasteiger partial charge in [-0.1, -0.05) is 27.7 Å². The number of rotatable bonds is 4. The fourth-order valence-electron chi connectivity index (χ4n) is 3.22. The molecule has 3 saturated heterocycles. The summed E-state index contributed by atoms with van der Waals surface area (Å²) >= 11 is 0. The van der Waals surface area contributed by atoms with E-state index in [9.17, 15) is 0 Å². The summed E-state index contributed by atoms with van der Waals surface area (Å²) in [5.74, 6) is 0. The normalized spacial score (nSPS) is 41.4. The first-order valence-electron chi connectivity index (χ1n) is 7.61. The minimum atomic E-state index is -2.22. The summed E-state index contributed by atoms with van der Waals surface area (Å²) in [6, 6.07) is 0. The Balaban J connectivity index is 1.83. The van der Waals surface area contributed by atoms with Gasteiger partial charge in [0.1, 0.15) is 12.2 Å². The summed E-state index contributed by atoms with van der Waals surface area (Å²) in [6.07, 6.45) is 3.19. The van der Waals surface area contributed by atoms with Crippen LogP contribution < -0.4 is 0 Å². The van der Waals surface area contributed by atoms with Crippen LogP contribution in [0.1, 0.15) is 40.5 Å². The van der Waals surface area contributed by atoms with Gasteiger partial charge in [-0.25, -0.2) is 0 Å². The first kappa shape index (κ1) is 14.0. The summed E-state index contributed by atoms with van der Waals surface area (Å²) in [5.41, 5.74) is 0.904. The molecule has 0 spiro atoms. The first-order valence-corrected chi connectivity index (χ1v) is 9.59. The largest absolute Gasteiger partial charge is 0.388 e. The lowest BCUT2D eigenvalue weighted by molar-refractivity contribution is 0.0788. The molecule has 0 aliphatic carbocycles.